The largest absolute Gasteiger partial charge is 0.456 e. The van der Waals surface area contributed by atoms with Gasteiger partial charge in [0.05, 0.1) is 22.4 Å². The lowest BCUT2D eigenvalue weighted by atomic mass is 9.98. The van der Waals surface area contributed by atoms with E-state index in [1.54, 1.807) is 0 Å². The maximum Gasteiger partial charge on any atom is 0.143 e. The predicted molar refractivity (Wildman–Crippen MR) is 284 cm³/mol. The Balaban J connectivity index is 0.917. The van der Waals surface area contributed by atoms with E-state index >= 15 is 0 Å². The smallest absolute Gasteiger partial charge is 0.143 e. The summed E-state index contributed by atoms with van der Waals surface area (Å²) in [6, 6.07) is 87.0. The van der Waals surface area contributed by atoms with Gasteiger partial charge in [-0.1, -0.05) is 164 Å². The minimum absolute atomic E-state index is 0.875. The molecule has 0 aliphatic carbocycles. The monoisotopic (exact) mass is 868 g/mol. The van der Waals surface area contributed by atoms with Crippen LogP contribution in [0.2, 0.25) is 0 Å². The van der Waals surface area contributed by atoms with Gasteiger partial charge in [0.2, 0.25) is 0 Å². The molecule has 0 atom stereocenters. The standard InChI is InChI=1S/C64H40N2O2/c1-2-15-44-40-63-56(38-43(44)14-1)55-39-45(32-37-62(55)67-63)49-17-4-8-23-57(49)65(47-35-30-42(31-36-47)50-21-13-22-54-53-20-7-12-27-61(53)68-64(50)54)46-33-28-41(29-34-46)48-16-3-9-24-58(48)66-59-25-10-5-18-51(59)52-19-6-11-26-60(52)66/h1-40H. The van der Waals surface area contributed by atoms with Gasteiger partial charge >= 0.3 is 0 Å². The number of anilines is 3. The van der Waals surface area contributed by atoms with Crippen molar-refractivity contribution in [3.63, 3.8) is 0 Å². The zero-order valence-electron chi connectivity index (χ0n) is 36.8. The van der Waals surface area contributed by atoms with E-state index in [0.717, 1.165) is 100 Å². The third-order valence-electron chi connectivity index (χ3n) is 13.8. The SMILES string of the molecule is c1ccc(N(c2ccc(-c3ccccc3-n3c4ccccc4c4ccccc43)cc2)c2ccc(-c3cccc4c3oc3ccccc34)cc2)c(-c2ccc3oc4cc5ccccc5cc4c3c2)c1. The summed E-state index contributed by atoms with van der Waals surface area (Å²) >= 11 is 0. The van der Waals surface area contributed by atoms with Crippen LogP contribution in [0.15, 0.2) is 251 Å². The summed E-state index contributed by atoms with van der Waals surface area (Å²) in [6.07, 6.45) is 0. The van der Waals surface area contributed by atoms with Crippen molar-refractivity contribution in [2.45, 2.75) is 0 Å². The van der Waals surface area contributed by atoms with Gasteiger partial charge in [0.15, 0.2) is 0 Å². The Morgan fingerprint density at radius 1 is 0.309 bits per heavy atom. The lowest BCUT2D eigenvalue weighted by molar-refractivity contribution is 0.669. The minimum Gasteiger partial charge on any atom is -0.456 e. The number of aromatic nitrogens is 1. The molecule has 0 amide bonds. The van der Waals surface area contributed by atoms with E-state index in [1.165, 1.54) is 32.6 Å². The zero-order valence-corrected chi connectivity index (χ0v) is 36.8. The summed E-state index contributed by atoms with van der Waals surface area (Å²) in [5, 5.41) is 9.31. The molecule has 0 spiro atoms. The number of furan rings is 2. The molecule has 3 aromatic heterocycles. The van der Waals surface area contributed by atoms with Crippen molar-refractivity contribution in [1.29, 1.82) is 0 Å². The Morgan fingerprint density at radius 3 is 1.59 bits per heavy atom. The first-order valence-electron chi connectivity index (χ1n) is 23.2. The van der Waals surface area contributed by atoms with Gasteiger partial charge in [-0.3, -0.25) is 0 Å². The van der Waals surface area contributed by atoms with E-state index in [4.69, 9.17) is 8.83 Å². The molecule has 0 saturated heterocycles. The van der Waals surface area contributed by atoms with Crippen LogP contribution in [-0.2, 0) is 0 Å². The second-order valence-electron chi connectivity index (χ2n) is 17.6. The Labute approximate surface area is 391 Å². The highest BCUT2D eigenvalue weighted by atomic mass is 16.3. The molecule has 0 bridgehead atoms. The average Bonchev–Trinajstić information content (AvgIpc) is 4.08. The van der Waals surface area contributed by atoms with Crippen LogP contribution in [0.4, 0.5) is 17.1 Å². The predicted octanol–water partition coefficient (Wildman–Crippen LogP) is 18.2. The molecule has 4 nitrogen and oxygen atoms in total. The summed E-state index contributed by atoms with van der Waals surface area (Å²) in [4.78, 5) is 2.38. The van der Waals surface area contributed by atoms with Crippen LogP contribution in [0.1, 0.15) is 0 Å². The molecular weight excluding hydrogens is 829 g/mol. The molecule has 0 fully saturated rings. The van der Waals surface area contributed by atoms with Crippen LogP contribution >= 0.6 is 0 Å². The normalized spacial score (nSPS) is 11.8. The number of para-hydroxylation sites is 6. The topological polar surface area (TPSA) is 34.5 Å². The van der Waals surface area contributed by atoms with Gasteiger partial charge < -0.3 is 18.3 Å². The third kappa shape index (κ3) is 6.01. The number of hydrogen-bond donors (Lipinski definition) is 0. The molecule has 0 aliphatic heterocycles. The van der Waals surface area contributed by atoms with Crippen molar-refractivity contribution >= 4 is 93.5 Å². The van der Waals surface area contributed by atoms with E-state index in [2.05, 4.69) is 240 Å². The van der Waals surface area contributed by atoms with E-state index < -0.39 is 0 Å². The molecule has 0 saturated carbocycles. The molecule has 4 heteroatoms. The maximum atomic E-state index is 6.49. The van der Waals surface area contributed by atoms with E-state index in [-0.39, 0.29) is 0 Å². The lowest BCUT2D eigenvalue weighted by Crippen LogP contribution is -2.11. The summed E-state index contributed by atoms with van der Waals surface area (Å²) in [5.41, 5.74) is 16.9. The van der Waals surface area contributed by atoms with E-state index in [1.807, 2.05) is 12.1 Å². The number of hydrogen-bond acceptors (Lipinski definition) is 3. The Hall–Kier alpha value is -9.12. The van der Waals surface area contributed by atoms with Gasteiger partial charge in [-0.15, -0.1) is 0 Å². The Bertz CT molecular complexity index is 4210. The fourth-order valence-corrected chi connectivity index (χ4v) is 10.6. The maximum absolute atomic E-state index is 6.49. The summed E-state index contributed by atoms with van der Waals surface area (Å²) in [6.45, 7) is 0. The van der Waals surface area contributed by atoms with Gasteiger partial charge in [0.25, 0.3) is 0 Å². The average molecular weight is 869 g/mol. The van der Waals surface area contributed by atoms with E-state index in [9.17, 15) is 0 Å². The first kappa shape index (κ1) is 38.2. The van der Waals surface area contributed by atoms with Gasteiger partial charge in [-0.05, 0) is 106 Å². The van der Waals surface area contributed by atoms with Crippen LogP contribution in [0.25, 0.3) is 116 Å². The molecule has 11 aromatic carbocycles. The molecule has 14 rings (SSSR count). The second-order valence-corrected chi connectivity index (χ2v) is 17.6. The summed E-state index contributed by atoms with van der Waals surface area (Å²) < 4.78 is 15.4. The number of fused-ring (bicyclic) bond motifs is 10. The van der Waals surface area contributed by atoms with Gasteiger partial charge in [-0.25, -0.2) is 0 Å². The highest BCUT2D eigenvalue weighted by molar-refractivity contribution is 6.13. The quantitative estimate of drug-likeness (QED) is 0.160. The van der Waals surface area contributed by atoms with Crippen LogP contribution in [0.3, 0.4) is 0 Å². The van der Waals surface area contributed by atoms with Crippen molar-refractivity contribution in [3.8, 4) is 39.1 Å². The zero-order chi connectivity index (χ0) is 44.7. The Morgan fingerprint density at radius 2 is 0.838 bits per heavy atom. The molecule has 0 aliphatic rings. The second kappa shape index (κ2) is 15.2. The van der Waals surface area contributed by atoms with Crippen LogP contribution < -0.4 is 4.90 Å². The number of benzene rings is 11. The van der Waals surface area contributed by atoms with E-state index in [0.29, 0.717) is 0 Å². The lowest BCUT2D eigenvalue weighted by Gasteiger charge is -2.28. The number of rotatable bonds is 7. The fourth-order valence-electron chi connectivity index (χ4n) is 10.6. The summed E-state index contributed by atoms with van der Waals surface area (Å²) in [5.74, 6) is 0. The van der Waals surface area contributed by atoms with Crippen LogP contribution in [-0.4, -0.2) is 4.57 Å². The fraction of sp³-hybridized carbons (Fsp3) is 0. The molecule has 0 radical (unpaired) electrons. The number of nitrogens with zero attached hydrogens (tertiary/aromatic N) is 2. The molecule has 3 heterocycles. The minimum atomic E-state index is 0.875. The third-order valence-corrected chi connectivity index (χ3v) is 13.8. The highest BCUT2D eigenvalue weighted by Gasteiger charge is 2.21. The van der Waals surface area contributed by atoms with Crippen molar-refractivity contribution in [3.05, 3.63) is 243 Å². The van der Waals surface area contributed by atoms with Crippen LogP contribution in [0, 0.1) is 0 Å². The van der Waals surface area contributed by atoms with Gasteiger partial charge in [0, 0.05) is 60.4 Å². The molecule has 0 unspecified atom stereocenters. The van der Waals surface area contributed by atoms with Crippen LogP contribution in [0.5, 0.6) is 0 Å². The van der Waals surface area contributed by atoms with Crippen molar-refractivity contribution < 1.29 is 8.83 Å². The first-order valence-corrected chi connectivity index (χ1v) is 23.2. The van der Waals surface area contributed by atoms with Crippen molar-refractivity contribution in [1.82, 2.24) is 4.57 Å². The van der Waals surface area contributed by atoms with Crippen molar-refractivity contribution in [2.75, 3.05) is 4.90 Å². The Kier molecular flexibility index (Phi) is 8.55. The van der Waals surface area contributed by atoms with Gasteiger partial charge in [0.1, 0.15) is 22.3 Å². The molecular formula is C64H40N2O2. The van der Waals surface area contributed by atoms with Crippen molar-refractivity contribution in [2.24, 2.45) is 0 Å². The highest BCUT2D eigenvalue weighted by Crippen LogP contribution is 2.45. The molecule has 318 valence electrons. The summed E-state index contributed by atoms with van der Waals surface area (Å²) in [7, 11) is 0. The molecule has 68 heavy (non-hydrogen) atoms. The first-order chi connectivity index (χ1) is 33.7. The molecule has 0 N–H and O–H groups in total. The molecule has 14 aromatic rings. The van der Waals surface area contributed by atoms with Gasteiger partial charge in [-0.2, -0.15) is 0 Å².